The lowest BCUT2D eigenvalue weighted by atomic mass is 10.1. The molecule has 0 atom stereocenters. The van der Waals surface area contributed by atoms with Gasteiger partial charge in [0.1, 0.15) is 5.82 Å². The second-order valence-corrected chi connectivity index (χ2v) is 5.10. The molecule has 1 N–H and O–H groups in total. The van der Waals surface area contributed by atoms with E-state index in [1.165, 1.54) is 0 Å². The van der Waals surface area contributed by atoms with E-state index in [0.717, 1.165) is 24.2 Å². The van der Waals surface area contributed by atoms with Gasteiger partial charge in [0.05, 0.1) is 10.6 Å². The Bertz CT molecular complexity index is 613. The Kier molecular flexibility index (Phi) is 4.96. The molecule has 112 valence electrons. The Hall–Kier alpha value is -1.46. The van der Waals surface area contributed by atoms with Crippen molar-refractivity contribution in [1.29, 1.82) is 0 Å². The lowest BCUT2D eigenvalue weighted by Crippen LogP contribution is -2.06. The molecule has 0 spiro atoms. The molecule has 0 aliphatic rings. The maximum atomic E-state index is 12.5. The lowest BCUT2D eigenvalue weighted by Gasteiger charge is -2.11. The summed E-state index contributed by atoms with van der Waals surface area (Å²) in [7, 11) is 0. The second kappa shape index (κ2) is 6.54. The molecule has 1 aromatic carbocycles. The van der Waals surface area contributed by atoms with E-state index in [2.05, 4.69) is 10.3 Å². The fraction of sp³-hybridized carbons (Fsp3) is 0.214. The highest BCUT2D eigenvalue weighted by Gasteiger charge is 2.31. The minimum absolute atomic E-state index is 0.0883. The van der Waals surface area contributed by atoms with Crippen molar-refractivity contribution < 1.29 is 13.2 Å². The van der Waals surface area contributed by atoms with Crippen molar-refractivity contribution in [2.24, 2.45) is 0 Å². The standard InChI is InChI=1S/C14H11Cl2F3N2/c15-6-5-9-1-3-11(4-2-9)21-13-12(16)7-10(8-20-13)14(17,18)19/h1-4,7-8H,5-6H2,(H,20,21). The Balaban J connectivity index is 2.16. The number of nitrogens with one attached hydrogen (secondary N) is 1. The molecule has 1 aromatic heterocycles. The highest BCUT2D eigenvalue weighted by Crippen LogP contribution is 2.33. The molecule has 0 unspecified atom stereocenters. The van der Waals surface area contributed by atoms with Gasteiger partial charge >= 0.3 is 6.18 Å². The number of halogens is 5. The quantitative estimate of drug-likeness (QED) is 0.769. The van der Waals surface area contributed by atoms with Gasteiger partial charge in [0.15, 0.2) is 0 Å². The predicted octanol–water partition coefficient (Wildman–Crippen LogP) is 5.28. The van der Waals surface area contributed by atoms with E-state index >= 15 is 0 Å². The first-order valence-electron chi connectivity index (χ1n) is 6.05. The normalized spacial score (nSPS) is 11.5. The summed E-state index contributed by atoms with van der Waals surface area (Å²) in [6.07, 6.45) is -2.96. The van der Waals surface area contributed by atoms with Crippen LogP contribution in [0.15, 0.2) is 36.5 Å². The second-order valence-electron chi connectivity index (χ2n) is 4.31. The molecule has 2 rings (SSSR count). The van der Waals surface area contributed by atoms with Gasteiger partial charge in [-0.05, 0) is 30.2 Å². The molecule has 2 nitrogen and oxygen atoms in total. The van der Waals surface area contributed by atoms with Crippen LogP contribution < -0.4 is 5.32 Å². The molecular formula is C14H11Cl2F3N2. The first-order chi connectivity index (χ1) is 9.90. The minimum atomic E-state index is -4.46. The summed E-state index contributed by atoms with van der Waals surface area (Å²) in [5.74, 6) is 0.703. The van der Waals surface area contributed by atoms with E-state index in [4.69, 9.17) is 23.2 Å². The minimum Gasteiger partial charge on any atom is -0.339 e. The molecule has 0 bridgehead atoms. The van der Waals surface area contributed by atoms with Crippen LogP contribution >= 0.6 is 23.2 Å². The third kappa shape index (κ3) is 4.25. The summed E-state index contributed by atoms with van der Waals surface area (Å²) in [6, 6.07) is 8.18. The smallest absolute Gasteiger partial charge is 0.339 e. The largest absolute Gasteiger partial charge is 0.417 e. The number of alkyl halides is 4. The van der Waals surface area contributed by atoms with Gasteiger partial charge in [-0.1, -0.05) is 23.7 Å². The number of nitrogens with zero attached hydrogens (tertiary/aromatic N) is 1. The highest BCUT2D eigenvalue weighted by atomic mass is 35.5. The molecule has 0 aliphatic heterocycles. The molecule has 2 aromatic rings. The van der Waals surface area contributed by atoms with Crippen LogP contribution in [0.3, 0.4) is 0 Å². The van der Waals surface area contributed by atoms with Crippen molar-refractivity contribution in [1.82, 2.24) is 4.98 Å². The van der Waals surface area contributed by atoms with E-state index in [-0.39, 0.29) is 10.8 Å². The highest BCUT2D eigenvalue weighted by molar-refractivity contribution is 6.33. The SMILES string of the molecule is FC(F)(F)c1cnc(Nc2ccc(CCCl)cc2)c(Cl)c1. The van der Waals surface area contributed by atoms with Gasteiger partial charge in [0.2, 0.25) is 0 Å². The van der Waals surface area contributed by atoms with E-state index < -0.39 is 11.7 Å². The van der Waals surface area contributed by atoms with Crippen molar-refractivity contribution in [3.8, 4) is 0 Å². The van der Waals surface area contributed by atoms with Crippen molar-refractivity contribution in [2.75, 3.05) is 11.2 Å². The Labute approximate surface area is 129 Å². The van der Waals surface area contributed by atoms with Crippen LogP contribution in [0.4, 0.5) is 24.7 Å². The fourth-order valence-corrected chi connectivity index (χ4v) is 2.12. The van der Waals surface area contributed by atoms with E-state index in [9.17, 15) is 13.2 Å². The number of aromatic nitrogens is 1. The number of rotatable bonds is 4. The maximum absolute atomic E-state index is 12.5. The van der Waals surface area contributed by atoms with Crippen molar-refractivity contribution in [3.63, 3.8) is 0 Å². The Morgan fingerprint density at radius 1 is 1.14 bits per heavy atom. The van der Waals surface area contributed by atoms with Crippen molar-refractivity contribution >= 4 is 34.7 Å². The zero-order chi connectivity index (χ0) is 15.5. The van der Waals surface area contributed by atoms with Crippen molar-refractivity contribution in [2.45, 2.75) is 12.6 Å². The summed E-state index contributed by atoms with van der Waals surface area (Å²) >= 11 is 11.5. The topological polar surface area (TPSA) is 24.9 Å². The Morgan fingerprint density at radius 2 is 1.81 bits per heavy atom. The number of hydrogen-bond donors (Lipinski definition) is 1. The zero-order valence-electron chi connectivity index (χ0n) is 10.7. The van der Waals surface area contributed by atoms with Gasteiger partial charge in [-0.25, -0.2) is 4.98 Å². The Morgan fingerprint density at radius 3 is 2.33 bits per heavy atom. The van der Waals surface area contributed by atoms with Crippen LogP contribution in [0.5, 0.6) is 0 Å². The molecule has 0 saturated heterocycles. The lowest BCUT2D eigenvalue weighted by molar-refractivity contribution is -0.137. The number of anilines is 2. The number of hydrogen-bond acceptors (Lipinski definition) is 2. The molecule has 0 amide bonds. The third-order valence-electron chi connectivity index (χ3n) is 2.77. The fourth-order valence-electron chi connectivity index (χ4n) is 1.69. The van der Waals surface area contributed by atoms with Crippen LogP contribution in [0.1, 0.15) is 11.1 Å². The molecule has 0 saturated carbocycles. The monoisotopic (exact) mass is 334 g/mol. The molecular weight excluding hydrogens is 324 g/mol. The molecule has 7 heteroatoms. The van der Waals surface area contributed by atoms with Crippen LogP contribution in [-0.4, -0.2) is 10.9 Å². The molecule has 0 radical (unpaired) electrons. The van der Waals surface area contributed by atoms with E-state index in [0.29, 0.717) is 11.6 Å². The van der Waals surface area contributed by atoms with Gasteiger partial charge in [0, 0.05) is 17.8 Å². The van der Waals surface area contributed by atoms with Crippen LogP contribution in [0.2, 0.25) is 5.02 Å². The molecule has 21 heavy (non-hydrogen) atoms. The summed E-state index contributed by atoms with van der Waals surface area (Å²) in [4.78, 5) is 3.71. The summed E-state index contributed by atoms with van der Waals surface area (Å²) in [6.45, 7) is 0. The van der Waals surface area contributed by atoms with Gasteiger partial charge in [0.25, 0.3) is 0 Å². The average Bonchev–Trinajstić information content (AvgIpc) is 2.42. The number of pyridine rings is 1. The summed E-state index contributed by atoms with van der Waals surface area (Å²) in [5.41, 5.74) is 0.875. The van der Waals surface area contributed by atoms with Crippen LogP contribution in [-0.2, 0) is 12.6 Å². The number of aryl methyl sites for hydroxylation is 1. The number of benzene rings is 1. The van der Waals surface area contributed by atoms with E-state index in [1.807, 2.05) is 12.1 Å². The van der Waals surface area contributed by atoms with Crippen molar-refractivity contribution in [3.05, 3.63) is 52.7 Å². The van der Waals surface area contributed by atoms with Crippen LogP contribution in [0, 0.1) is 0 Å². The summed E-state index contributed by atoms with van der Waals surface area (Å²) < 4.78 is 37.5. The van der Waals surface area contributed by atoms with Crippen LogP contribution in [0.25, 0.3) is 0 Å². The van der Waals surface area contributed by atoms with Gasteiger partial charge in [-0.2, -0.15) is 13.2 Å². The van der Waals surface area contributed by atoms with Gasteiger partial charge < -0.3 is 5.32 Å². The maximum Gasteiger partial charge on any atom is 0.417 e. The van der Waals surface area contributed by atoms with E-state index in [1.54, 1.807) is 12.1 Å². The predicted molar refractivity (Wildman–Crippen MR) is 78.4 cm³/mol. The average molecular weight is 335 g/mol. The molecule has 0 aliphatic carbocycles. The molecule has 1 heterocycles. The zero-order valence-corrected chi connectivity index (χ0v) is 12.2. The third-order valence-corrected chi connectivity index (χ3v) is 3.25. The van der Waals surface area contributed by atoms with Gasteiger partial charge in [-0.3, -0.25) is 0 Å². The first-order valence-corrected chi connectivity index (χ1v) is 6.96. The van der Waals surface area contributed by atoms with Gasteiger partial charge in [-0.15, -0.1) is 11.6 Å². The summed E-state index contributed by atoms with van der Waals surface area (Å²) in [5, 5.41) is 2.79. The first kappa shape index (κ1) is 15.9. The molecule has 0 fully saturated rings.